The summed E-state index contributed by atoms with van der Waals surface area (Å²) in [5.74, 6) is -3.26. The summed E-state index contributed by atoms with van der Waals surface area (Å²) in [5, 5.41) is 25.6. The van der Waals surface area contributed by atoms with Crippen molar-refractivity contribution < 1.29 is 57.8 Å². The van der Waals surface area contributed by atoms with Crippen LogP contribution in [0.3, 0.4) is 0 Å². The number of aliphatic hydroxyl groups is 1. The summed E-state index contributed by atoms with van der Waals surface area (Å²) in [7, 11) is -3.97. The van der Waals surface area contributed by atoms with Gasteiger partial charge in [0.25, 0.3) is 10.0 Å². The van der Waals surface area contributed by atoms with Gasteiger partial charge in [-0.2, -0.15) is 17.9 Å². The number of carboxylic acids is 1. The Kier molecular flexibility index (Phi) is 5.69. The van der Waals surface area contributed by atoms with Gasteiger partial charge in [-0.1, -0.05) is 25.1 Å². The average Bonchev–Trinajstić information content (AvgIpc) is 2.86. The third kappa shape index (κ3) is 3.14. The summed E-state index contributed by atoms with van der Waals surface area (Å²) < 4.78 is 26.6. The van der Waals surface area contributed by atoms with Crippen LogP contribution in [0.15, 0.2) is 45.5 Å². The van der Waals surface area contributed by atoms with Crippen molar-refractivity contribution in [1.82, 2.24) is 9.31 Å². The number of hydrogen-bond acceptors (Lipinski definition) is 7. The van der Waals surface area contributed by atoms with Crippen LogP contribution in [0.4, 0.5) is 0 Å². The number of sulfonamides is 1. The minimum atomic E-state index is -3.97. The number of benzene rings is 1. The van der Waals surface area contributed by atoms with E-state index in [2.05, 4.69) is 5.10 Å². The number of aliphatic carboxylic acids is 1. The first-order valence-corrected chi connectivity index (χ1v) is 10.2. The molecule has 0 radical (unpaired) electrons. The van der Waals surface area contributed by atoms with E-state index in [-0.39, 0.29) is 52.3 Å². The molecule has 1 aromatic carbocycles. The Morgan fingerprint density at radius 3 is 2.62 bits per heavy atom. The molecule has 4 rings (SSSR count). The first kappa shape index (κ1) is 22.0. The molecule has 0 spiro atoms. The van der Waals surface area contributed by atoms with Crippen LogP contribution in [0.2, 0.25) is 0 Å². The zero-order valence-electron chi connectivity index (χ0n) is 16.1. The van der Waals surface area contributed by atoms with Crippen LogP contribution in [-0.2, 0) is 19.6 Å². The van der Waals surface area contributed by atoms with Crippen molar-refractivity contribution in [2.75, 3.05) is 6.54 Å². The summed E-state index contributed by atoms with van der Waals surface area (Å²) in [6.07, 6.45) is 0.454. The fraction of sp³-hybridized carbons (Fsp3) is 0.389. The number of rotatable bonds is 4. The van der Waals surface area contributed by atoms with E-state index in [4.69, 9.17) is 0 Å². The fourth-order valence-electron chi connectivity index (χ4n) is 4.24. The molecule has 1 aromatic rings. The zero-order chi connectivity index (χ0) is 20.4. The molecule has 1 saturated heterocycles. The summed E-state index contributed by atoms with van der Waals surface area (Å²) in [6.45, 7) is 2.86. The molecule has 11 heteroatoms. The van der Waals surface area contributed by atoms with Crippen LogP contribution in [0, 0.1) is 11.8 Å². The Hall–Kier alpha value is -1.72. The number of carbonyl (C=O) groups is 2. The predicted octanol–water partition coefficient (Wildman–Crippen LogP) is -4.11. The number of β-lactam (4-membered cyclic amide) rings is 1. The number of hydrogen-bond donors (Lipinski definition) is 1. The Bertz CT molecular complexity index is 1050. The summed E-state index contributed by atoms with van der Waals surface area (Å²) in [5.41, 5.74) is 0.353. The van der Waals surface area contributed by atoms with E-state index < -0.39 is 45.9 Å². The molecule has 0 aliphatic carbocycles. The maximum Gasteiger partial charge on any atom is 1.00 e. The smallest absolute Gasteiger partial charge is 0.543 e. The van der Waals surface area contributed by atoms with Gasteiger partial charge in [0.2, 0.25) is 5.91 Å². The second kappa shape index (κ2) is 7.51. The first-order valence-electron chi connectivity index (χ1n) is 8.77. The van der Waals surface area contributed by atoms with Crippen LogP contribution >= 0.6 is 0 Å². The Morgan fingerprint density at radius 1 is 1.34 bits per heavy atom. The zero-order valence-corrected chi connectivity index (χ0v) is 19.0. The van der Waals surface area contributed by atoms with Crippen LogP contribution in [0.5, 0.6) is 0 Å². The fourth-order valence-corrected chi connectivity index (χ4v) is 5.61. The molecule has 148 valence electrons. The van der Waals surface area contributed by atoms with Crippen molar-refractivity contribution in [3.05, 3.63) is 41.1 Å². The molecule has 4 unspecified atom stereocenters. The number of nitrogens with zero attached hydrogens (tertiary/aromatic N) is 3. The monoisotopic (exact) mass is 427 g/mol. The molecule has 0 saturated carbocycles. The van der Waals surface area contributed by atoms with Gasteiger partial charge in [-0.05, 0) is 18.6 Å². The van der Waals surface area contributed by atoms with Crippen LogP contribution in [0.25, 0.3) is 0 Å². The van der Waals surface area contributed by atoms with Gasteiger partial charge in [0, 0.05) is 11.5 Å². The third-order valence-corrected chi connectivity index (χ3v) is 7.32. The molecule has 3 aliphatic heterocycles. The van der Waals surface area contributed by atoms with Crippen LogP contribution in [0.1, 0.15) is 19.4 Å². The SMILES string of the molecule is CC(O)C1C(=O)N2C(C(=O)[O-])=C(CN3N=Cc4ccccc4S3(=O)=O)C(C)C12.[Na+]. The maximum absolute atomic E-state index is 12.9. The number of aliphatic hydroxyl groups excluding tert-OH is 1. The third-order valence-electron chi connectivity index (χ3n) is 5.61. The van der Waals surface area contributed by atoms with E-state index in [9.17, 15) is 28.2 Å². The van der Waals surface area contributed by atoms with E-state index >= 15 is 0 Å². The summed E-state index contributed by atoms with van der Waals surface area (Å²) in [6, 6.07) is 5.82. The number of fused-ring (bicyclic) bond motifs is 2. The van der Waals surface area contributed by atoms with Gasteiger partial charge in [0.05, 0.1) is 47.4 Å². The number of amides is 1. The molecule has 9 nitrogen and oxygen atoms in total. The summed E-state index contributed by atoms with van der Waals surface area (Å²) in [4.78, 5) is 25.3. The van der Waals surface area contributed by atoms with Gasteiger partial charge < -0.3 is 19.9 Å². The second-order valence-electron chi connectivity index (χ2n) is 7.18. The van der Waals surface area contributed by atoms with Crippen molar-refractivity contribution in [2.45, 2.75) is 30.9 Å². The first-order chi connectivity index (χ1) is 13.2. The van der Waals surface area contributed by atoms with Crippen molar-refractivity contribution in [2.24, 2.45) is 16.9 Å². The molecule has 3 aliphatic rings. The van der Waals surface area contributed by atoms with Crippen molar-refractivity contribution in [1.29, 1.82) is 0 Å². The van der Waals surface area contributed by atoms with Crippen LogP contribution < -0.4 is 34.7 Å². The van der Waals surface area contributed by atoms with Gasteiger partial charge in [-0.25, -0.2) is 0 Å². The predicted molar refractivity (Wildman–Crippen MR) is 94.9 cm³/mol. The van der Waals surface area contributed by atoms with E-state index in [1.807, 2.05) is 0 Å². The Balaban J connectivity index is 0.00000240. The van der Waals surface area contributed by atoms with Gasteiger partial charge in [-0.3, -0.25) is 4.79 Å². The van der Waals surface area contributed by atoms with E-state index in [1.54, 1.807) is 25.1 Å². The maximum atomic E-state index is 12.9. The van der Waals surface area contributed by atoms with Crippen molar-refractivity contribution in [3.63, 3.8) is 0 Å². The van der Waals surface area contributed by atoms with E-state index in [0.717, 1.165) is 9.31 Å². The van der Waals surface area contributed by atoms with E-state index in [1.165, 1.54) is 19.2 Å². The Morgan fingerprint density at radius 2 is 2.00 bits per heavy atom. The van der Waals surface area contributed by atoms with Crippen molar-refractivity contribution in [3.8, 4) is 0 Å². The minimum absolute atomic E-state index is 0. The molecule has 1 fully saturated rings. The molecule has 29 heavy (non-hydrogen) atoms. The topological polar surface area (TPSA) is 130 Å². The van der Waals surface area contributed by atoms with E-state index in [0.29, 0.717) is 5.56 Å². The Labute approximate surface area is 190 Å². The molecular weight excluding hydrogens is 409 g/mol. The number of hydrazone groups is 1. The van der Waals surface area contributed by atoms with Gasteiger partial charge in [-0.15, -0.1) is 0 Å². The minimum Gasteiger partial charge on any atom is -0.543 e. The van der Waals surface area contributed by atoms with Gasteiger partial charge in [0.15, 0.2) is 0 Å². The van der Waals surface area contributed by atoms with Crippen molar-refractivity contribution >= 4 is 28.1 Å². The molecule has 4 atom stereocenters. The number of carbonyl (C=O) groups excluding carboxylic acids is 2. The normalized spacial score (nSPS) is 27.7. The van der Waals surface area contributed by atoms with Crippen LogP contribution in [-0.4, -0.2) is 59.6 Å². The molecule has 0 bridgehead atoms. The average molecular weight is 427 g/mol. The quantitative estimate of drug-likeness (QED) is 0.384. The molecule has 1 N–H and O–H groups in total. The second-order valence-corrected chi connectivity index (χ2v) is 8.99. The molecular formula is C18H18N3NaO6S. The largest absolute Gasteiger partial charge is 1.00 e. The molecule has 1 amide bonds. The van der Waals surface area contributed by atoms with Gasteiger partial charge >= 0.3 is 29.6 Å². The standard InChI is InChI=1S/C18H19N3O6S.Na/c1-9-12(16(18(24)25)21-15(9)14(10(2)22)17(21)23)8-20-19-7-11-5-3-4-6-13(11)28(20,26)27;/h3-7,9-10,14-15,22H,8H2,1-2H3,(H,24,25);/q;+1/p-1. The molecule has 3 heterocycles. The summed E-state index contributed by atoms with van der Waals surface area (Å²) >= 11 is 0. The number of carboxylic acid groups (broad SMARTS) is 1. The van der Waals surface area contributed by atoms with Gasteiger partial charge in [0.1, 0.15) is 0 Å². The molecule has 0 aromatic heterocycles.